The fourth-order valence-corrected chi connectivity index (χ4v) is 3.16. The van der Waals surface area contributed by atoms with E-state index in [1.165, 1.54) is 18.2 Å². The third-order valence-electron chi connectivity index (χ3n) is 4.94. The zero-order chi connectivity index (χ0) is 23.7. The number of aryl methyl sites for hydroxylation is 1. The molecule has 7 nitrogen and oxygen atoms in total. The highest BCUT2D eigenvalue weighted by Gasteiger charge is 2.16. The molecule has 0 saturated carbocycles. The van der Waals surface area contributed by atoms with E-state index in [0.29, 0.717) is 45.6 Å². The molecule has 1 aliphatic heterocycles. The van der Waals surface area contributed by atoms with E-state index in [2.05, 4.69) is 19.9 Å². The maximum atomic E-state index is 8.99. The summed E-state index contributed by atoms with van der Waals surface area (Å²) < 4.78 is 32.4. The number of benzene rings is 2. The quantitative estimate of drug-likeness (QED) is 0.391. The molecule has 0 bridgehead atoms. The van der Waals surface area contributed by atoms with E-state index in [1.807, 2.05) is 6.07 Å². The van der Waals surface area contributed by atoms with Gasteiger partial charge in [0.25, 0.3) is 0 Å². The molecule has 2 aromatic rings. The van der Waals surface area contributed by atoms with Crippen LogP contribution in [0.5, 0.6) is 23.0 Å². The number of phenolic OH excluding ortho intramolecular Hbond substituents is 1. The van der Waals surface area contributed by atoms with Crippen LogP contribution in [0.15, 0.2) is 36.4 Å². The predicted molar refractivity (Wildman–Crippen MR) is 127 cm³/mol. The first-order chi connectivity index (χ1) is 16.2. The first-order valence-electron chi connectivity index (χ1n) is 11.7. The maximum absolute atomic E-state index is 8.99. The standard InChI is InChI=1S/C19H30O5.C7H8O2/c1-3-5-7-20-8-9-21-10-11-22-14-17-13-19-18(23-15-24-19)12-16(17)6-4-2;1-9-7-5-3-2-4-6(7)8/h12-13H,3-11,14-15H2,1-2H3;2-5,8H,1H3. The molecule has 0 unspecified atom stereocenters. The van der Waals surface area contributed by atoms with E-state index in [1.54, 1.807) is 24.3 Å². The Labute approximate surface area is 197 Å². The number of unbranched alkanes of at least 4 members (excludes halogenated alkanes) is 1. The molecule has 0 aromatic heterocycles. The lowest BCUT2D eigenvalue weighted by atomic mass is 10.0. The van der Waals surface area contributed by atoms with Crippen LogP contribution in [-0.4, -0.2) is 52.0 Å². The van der Waals surface area contributed by atoms with Gasteiger partial charge in [0, 0.05) is 6.61 Å². The Balaban J connectivity index is 0.000000357. The molecule has 7 heteroatoms. The summed E-state index contributed by atoms with van der Waals surface area (Å²) in [5.74, 6) is 2.35. The number of para-hydroxylation sites is 2. The van der Waals surface area contributed by atoms with Crippen molar-refractivity contribution in [2.75, 3.05) is 46.9 Å². The Kier molecular flexibility index (Phi) is 13.1. The number of methoxy groups -OCH3 is 1. The van der Waals surface area contributed by atoms with Crippen molar-refractivity contribution in [3.05, 3.63) is 47.5 Å². The second kappa shape index (κ2) is 16.2. The van der Waals surface area contributed by atoms with E-state index in [0.717, 1.165) is 43.8 Å². The molecule has 3 rings (SSSR count). The first-order valence-corrected chi connectivity index (χ1v) is 11.7. The minimum Gasteiger partial charge on any atom is -0.504 e. The van der Waals surface area contributed by atoms with E-state index in [-0.39, 0.29) is 5.75 Å². The molecule has 0 atom stereocenters. The van der Waals surface area contributed by atoms with Crippen LogP contribution in [0, 0.1) is 0 Å². The molecule has 1 N–H and O–H groups in total. The largest absolute Gasteiger partial charge is 0.504 e. The van der Waals surface area contributed by atoms with Gasteiger partial charge in [0.15, 0.2) is 23.0 Å². The number of phenols is 1. The smallest absolute Gasteiger partial charge is 0.231 e. The highest BCUT2D eigenvalue weighted by atomic mass is 16.7. The van der Waals surface area contributed by atoms with Gasteiger partial charge in [-0.1, -0.05) is 38.8 Å². The van der Waals surface area contributed by atoms with E-state index in [9.17, 15) is 0 Å². The van der Waals surface area contributed by atoms with Gasteiger partial charge in [-0.25, -0.2) is 0 Å². The van der Waals surface area contributed by atoms with Crippen LogP contribution >= 0.6 is 0 Å². The van der Waals surface area contributed by atoms with Crippen LogP contribution in [0.1, 0.15) is 44.2 Å². The summed E-state index contributed by atoms with van der Waals surface area (Å²) in [6.07, 6.45) is 4.38. The summed E-state index contributed by atoms with van der Waals surface area (Å²) in [5, 5.41) is 8.99. The molecule has 1 aliphatic rings. The lowest BCUT2D eigenvalue weighted by molar-refractivity contribution is 0.0101. The normalized spacial score (nSPS) is 11.7. The van der Waals surface area contributed by atoms with Crippen LogP contribution < -0.4 is 14.2 Å². The minimum absolute atomic E-state index is 0.181. The second-order valence-electron chi connectivity index (χ2n) is 7.53. The molecular formula is C26H38O7. The van der Waals surface area contributed by atoms with Crippen molar-refractivity contribution in [1.29, 1.82) is 0 Å². The lowest BCUT2D eigenvalue weighted by Crippen LogP contribution is -2.10. The molecule has 184 valence electrons. The van der Waals surface area contributed by atoms with Crippen LogP contribution in [-0.2, 0) is 27.2 Å². The fourth-order valence-electron chi connectivity index (χ4n) is 3.16. The Bertz CT molecular complexity index is 794. The Morgan fingerprint density at radius 3 is 2.06 bits per heavy atom. The van der Waals surface area contributed by atoms with Crippen molar-refractivity contribution in [3.63, 3.8) is 0 Å². The SMILES string of the molecule is CCCCOCCOCCOCc1cc2c(cc1CCC)OCO2.COc1ccccc1O. The van der Waals surface area contributed by atoms with Gasteiger partial charge in [-0.15, -0.1) is 0 Å². The van der Waals surface area contributed by atoms with Gasteiger partial charge in [-0.3, -0.25) is 0 Å². The molecule has 33 heavy (non-hydrogen) atoms. The highest BCUT2D eigenvalue weighted by molar-refractivity contribution is 5.48. The third kappa shape index (κ3) is 9.90. The molecule has 1 heterocycles. The van der Waals surface area contributed by atoms with Crippen molar-refractivity contribution in [1.82, 2.24) is 0 Å². The van der Waals surface area contributed by atoms with Crippen molar-refractivity contribution < 1.29 is 33.5 Å². The molecule has 2 aromatic carbocycles. The van der Waals surface area contributed by atoms with Gasteiger partial charge in [-0.05, 0) is 48.2 Å². The molecule has 0 spiro atoms. The van der Waals surface area contributed by atoms with Gasteiger partial charge < -0.3 is 33.5 Å². The average Bonchev–Trinajstić information content (AvgIpc) is 3.28. The summed E-state index contributed by atoms with van der Waals surface area (Å²) in [4.78, 5) is 0. The summed E-state index contributed by atoms with van der Waals surface area (Å²) in [6, 6.07) is 11.0. The Morgan fingerprint density at radius 1 is 0.818 bits per heavy atom. The van der Waals surface area contributed by atoms with E-state index >= 15 is 0 Å². The summed E-state index contributed by atoms with van der Waals surface area (Å²) >= 11 is 0. The zero-order valence-electron chi connectivity index (χ0n) is 20.1. The summed E-state index contributed by atoms with van der Waals surface area (Å²) in [6.45, 7) is 8.47. The average molecular weight is 463 g/mol. The van der Waals surface area contributed by atoms with Crippen LogP contribution in [0.3, 0.4) is 0 Å². The number of ether oxygens (including phenoxy) is 6. The van der Waals surface area contributed by atoms with Crippen LogP contribution in [0.25, 0.3) is 0 Å². The number of fused-ring (bicyclic) bond motifs is 1. The summed E-state index contributed by atoms with van der Waals surface area (Å²) in [5.41, 5.74) is 2.44. The third-order valence-corrected chi connectivity index (χ3v) is 4.94. The van der Waals surface area contributed by atoms with Crippen LogP contribution in [0.2, 0.25) is 0 Å². The Morgan fingerprint density at radius 2 is 1.45 bits per heavy atom. The molecule has 0 aliphatic carbocycles. The first kappa shape index (κ1) is 26.8. The zero-order valence-corrected chi connectivity index (χ0v) is 20.1. The fraction of sp³-hybridized carbons (Fsp3) is 0.538. The number of aromatic hydroxyl groups is 1. The maximum Gasteiger partial charge on any atom is 0.231 e. The van der Waals surface area contributed by atoms with Gasteiger partial charge in [-0.2, -0.15) is 0 Å². The minimum atomic E-state index is 0.181. The lowest BCUT2D eigenvalue weighted by Gasteiger charge is -2.11. The monoisotopic (exact) mass is 462 g/mol. The number of hydrogen-bond donors (Lipinski definition) is 1. The summed E-state index contributed by atoms with van der Waals surface area (Å²) in [7, 11) is 1.52. The second-order valence-corrected chi connectivity index (χ2v) is 7.53. The van der Waals surface area contributed by atoms with E-state index in [4.69, 9.17) is 33.5 Å². The van der Waals surface area contributed by atoms with Crippen molar-refractivity contribution >= 4 is 0 Å². The topological polar surface area (TPSA) is 75.6 Å². The van der Waals surface area contributed by atoms with Crippen molar-refractivity contribution in [3.8, 4) is 23.0 Å². The van der Waals surface area contributed by atoms with Crippen molar-refractivity contribution in [2.24, 2.45) is 0 Å². The number of rotatable bonds is 14. The van der Waals surface area contributed by atoms with Gasteiger partial charge >= 0.3 is 0 Å². The van der Waals surface area contributed by atoms with Gasteiger partial charge in [0.1, 0.15) is 0 Å². The Hall–Kier alpha value is -2.48. The molecule has 0 fully saturated rings. The predicted octanol–water partition coefficient (Wildman–Crippen LogP) is 5.12. The molecular weight excluding hydrogens is 424 g/mol. The molecule has 0 amide bonds. The highest BCUT2D eigenvalue weighted by Crippen LogP contribution is 2.35. The number of hydrogen-bond acceptors (Lipinski definition) is 7. The van der Waals surface area contributed by atoms with Gasteiger partial charge in [0.05, 0.1) is 40.1 Å². The van der Waals surface area contributed by atoms with Gasteiger partial charge in [0.2, 0.25) is 6.79 Å². The van der Waals surface area contributed by atoms with Crippen molar-refractivity contribution in [2.45, 2.75) is 46.1 Å². The molecule has 0 saturated heterocycles. The molecule has 0 radical (unpaired) electrons. The van der Waals surface area contributed by atoms with E-state index < -0.39 is 0 Å². The van der Waals surface area contributed by atoms with Crippen LogP contribution in [0.4, 0.5) is 0 Å².